The van der Waals surface area contributed by atoms with E-state index in [2.05, 4.69) is 18.9 Å². The minimum atomic E-state index is -1.27. The highest BCUT2D eigenvalue weighted by Crippen LogP contribution is 2.24. The predicted molar refractivity (Wildman–Crippen MR) is 69.4 cm³/mol. The first kappa shape index (κ1) is 13.3. The summed E-state index contributed by atoms with van der Waals surface area (Å²) in [7, 11) is 0. The van der Waals surface area contributed by atoms with Gasteiger partial charge in [-0.15, -0.1) is 0 Å². The molecule has 0 fully saturated rings. The van der Waals surface area contributed by atoms with Crippen molar-refractivity contribution in [2.45, 2.75) is 20.4 Å². The molecular formula is C14H15FN2O2. The zero-order valence-corrected chi connectivity index (χ0v) is 10.8. The molecule has 19 heavy (non-hydrogen) atoms. The topological polar surface area (TPSA) is 55.1 Å². The van der Waals surface area contributed by atoms with Gasteiger partial charge in [0.2, 0.25) is 0 Å². The van der Waals surface area contributed by atoms with Crippen LogP contribution in [0.1, 0.15) is 24.2 Å². The SMILES string of the molecule is CC(C)Cn1cc(-c2cccc(C(=O)O)c2F)cn1. The summed E-state index contributed by atoms with van der Waals surface area (Å²) in [5.41, 5.74) is 0.519. The van der Waals surface area contributed by atoms with Crippen LogP contribution < -0.4 is 0 Å². The predicted octanol–water partition coefficient (Wildman–Crippen LogP) is 3.04. The van der Waals surface area contributed by atoms with Crippen molar-refractivity contribution >= 4 is 5.97 Å². The fraction of sp³-hybridized carbons (Fsp3) is 0.286. The summed E-state index contributed by atoms with van der Waals surface area (Å²) in [4.78, 5) is 10.9. The van der Waals surface area contributed by atoms with Gasteiger partial charge in [0, 0.05) is 23.9 Å². The third-order valence-corrected chi connectivity index (χ3v) is 2.73. The zero-order chi connectivity index (χ0) is 14.0. The second kappa shape index (κ2) is 5.22. The van der Waals surface area contributed by atoms with Gasteiger partial charge >= 0.3 is 5.97 Å². The Balaban J connectivity index is 2.39. The Hall–Kier alpha value is -2.17. The van der Waals surface area contributed by atoms with Crippen LogP contribution >= 0.6 is 0 Å². The van der Waals surface area contributed by atoms with Gasteiger partial charge in [0.1, 0.15) is 5.82 Å². The quantitative estimate of drug-likeness (QED) is 0.921. The average molecular weight is 262 g/mol. The van der Waals surface area contributed by atoms with Crippen LogP contribution in [-0.4, -0.2) is 20.9 Å². The fourth-order valence-electron chi connectivity index (χ4n) is 1.90. The molecule has 2 rings (SSSR count). The van der Waals surface area contributed by atoms with Crippen molar-refractivity contribution < 1.29 is 14.3 Å². The smallest absolute Gasteiger partial charge is 0.338 e. The average Bonchev–Trinajstić information content (AvgIpc) is 2.76. The van der Waals surface area contributed by atoms with Crippen LogP contribution in [0.25, 0.3) is 11.1 Å². The molecule has 0 unspecified atom stereocenters. The van der Waals surface area contributed by atoms with Crippen LogP contribution in [0.4, 0.5) is 4.39 Å². The molecule has 0 amide bonds. The first-order valence-corrected chi connectivity index (χ1v) is 6.03. The minimum Gasteiger partial charge on any atom is -0.478 e. The Morgan fingerprint density at radius 2 is 2.21 bits per heavy atom. The Bertz CT molecular complexity index is 605. The van der Waals surface area contributed by atoms with Gasteiger partial charge in [-0.05, 0) is 12.0 Å². The second-order valence-corrected chi connectivity index (χ2v) is 4.82. The first-order valence-electron chi connectivity index (χ1n) is 6.03. The number of nitrogens with zero attached hydrogens (tertiary/aromatic N) is 2. The number of hydrogen-bond donors (Lipinski definition) is 1. The van der Waals surface area contributed by atoms with E-state index in [1.165, 1.54) is 12.1 Å². The summed E-state index contributed by atoms with van der Waals surface area (Å²) >= 11 is 0. The van der Waals surface area contributed by atoms with Gasteiger partial charge < -0.3 is 5.11 Å². The summed E-state index contributed by atoms with van der Waals surface area (Å²) in [6.07, 6.45) is 3.27. The van der Waals surface area contributed by atoms with Gasteiger partial charge in [0.15, 0.2) is 0 Å². The lowest BCUT2D eigenvalue weighted by Crippen LogP contribution is -2.04. The number of benzene rings is 1. The second-order valence-electron chi connectivity index (χ2n) is 4.82. The maximum absolute atomic E-state index is 14.1. The molecule has 0 saturated carbocycles. The standard InChI is InChI=1S/C14H15FN2O2/c1-9(2)7-17-8-10(6-16-17)11-4-3-5-12(13(11)15)14(18)19/h3-6,8-9H,7H2,1-2H3,(H,18,19). The molecule has 100 valence electrons. The molecule has 0 saturated heterocycles. The number of hydrogen-bond acceptors (Lipinski definition) is 2. The molecule has 0 spiro atoms. The molecule has 1 heterocycles. The molecular weight excluding hydrogens is 247 g/mol. The number of carboxylic acids is 1. The first-order chi connectivity index (χ1) is 8.99. The van der Waals surface area contributed by atoms with Crippen LogP contribution in [0.2, 0.25) is 0 Å². The summed E-state index contributed by atoms with van der Waals surface area (Å²) in [5, 5.41) is 13.1. The summed E-state index contributed by atoms with van der Waals surface area (Å²) < 4.78 is 15.8. The van der Waals surface area contributed by atoms with E-state index >= 15 is 0 Å². The Kier molecular flexibility index (Phi) is 3.64. The summed E-state index contributed by atoms with van der Waals surface area (Å²) in [5.74, 6) is -1.56. The summed E-state index contributed by atoms with van der Waals surface area (Å²) in [6.45, 7) is 4.86. The lowest BCUT2D eigenvalue weighted by Gasteiger charge is -2.04. The van der Waals surface area contributed by atoms with Crippen molar-refractivity contribution in [3.63, 3.8) is 0 Å². The van der Waals surface area contributed by atoms with Crippen LogP contribution in [-0.2, 0) is 6.54 Å². The molecule has 1 N–H and O–H groups in total. The molecule has 2 aromatic rings. The van der Waals surface area contributed by atoms with Crippen molar-refractivity contribution in [3.8, 4) is 11.1 Å². The molecule has 0 aliphatic heterocycles. The van der Waals surface area contributed by atoms with Crippen LogP contribution in [0.15, 0.2) is 30.6 Å². The Labute approximate surface area is 110 Å². The lowest BCUT2D eigenvalue weighted by atomic mass is 10.1. The van der Waals surface area contributed by atoms with E-state index < -0.39 is 11.8 Å². The van der Waals surface area contributed by atoms with Crippen molar-refractivity contribution in [2.75, 3.05) is 0 Å². The van der Waals surface area contributed by atoms with Crippen molar-refractivity contribution in [3.05, 3.63) is 42.0 Å². The maximum Gasteiger partial charge on any atom is 0.338 e. The Morgan fingerprint density at radius 1 is 1.47 bits per heavy atom. The molecule has 0 radical (unpaired) electrons. The van der Waals surface area contributed by atoms with E-state index in [0.717, 1.165) is 6.54 Å². The number of rotatable bonds is 4. The van der Waals surface area contributed by atoms with E-state index in [0.29, 0.717) is 11.5 Å². The van der Waals surface area contributed by atoms with Gasteiger partial charge in [-0.25, -0.2) is 9.18 Å². The molecule has 0 atom stereocenters. The van der Waals surface area contributed by atoms with Gasteiger partial charge in [-0.2, -0.15) is 5.10 Å². The molecule has 0 aliphatic carbocycles. The largest absolute Gasteiger partial charge is 0.478 e. The highest BCUT2D eigenvalue weighted by Gasteiger charge is 2.15. The highest BCUT2D eigenvalue weighted by molar-refractivity contribution is 5.89. The van der Waals surface area contributed by atoms with E-state index in [1.807, 2.05) is 0 Å². The summed E-state index contributed by atoms with van der Waals surface area (Å²) in [6, 6.07) is 4.33. The van der Waals surface area contributed by atoms with Crippen LogP contribution in [0.5, 0.6) is 0 Å². The number of aromatic nitrogens is 2. The molecule has 5 heteroatoms. The van der Waals surface area contributed by atoms with E-state index in [-0.39, 0.29) is 11.1 Å². The Morgan fingerprint density at radius 3 is 2.84 bits per heavy atom. The maximum atomic E-state index is 14.1. The molecule has 0 bridgehead atoms. The number of carboxylic acid groups (broad SMARTS) is 1. The molecule has 1 aromatic heterocycles. The fourth-order valence-corrected chi connectivity index (χ4v) is 1.90. The molecule has 1 aromatic carbocycles. The minimum absolute atomic E-state index is 0.259. The monoisotopic (exact) mass is 262 g/mol. The number of aromatic carboxylic acids is 1. The van der Waals surface area contributed by atoms with Gasteiger partial charge in [-0.1, -0.05) is 26.0 Å². The van der Waals surface area contributed by atoms with Crippen molar-refractivity contribution in [1.29, 1.82) is 0 Å². The van der Waals surface area contributed by atoms with Crippen LogP contribution in [0.3, 0.4) is 0 Å². The molecule has 4 nitrogen and oxygen atoms in total. The van der Waals surface area contributed by atoms with Gasteiger partial charge in [0.05, 0.1) is 11.8 Å². The normalized spacial score (nSPS) is 10.9. The number of halogens is 1. The lowest BCUT2D eigenvalue weighted by molar-refractivity contribution is 0.0692. The van der Waals surface area contributed by atoms with Gasteiger partial charge in [0.25, 0.3) is 0 Å². The van der Waals surface area contributed by atoms with E-state index in [1.54, 1.807) is 23.1 Å². The van der Waals surface area contributed by atoms with E-state index in [4.69, 9.17) is 5.11 Å². The van der Waals surface area contributed by atoms with E-state index in [9.17, 15) is 9.18 Å². The van der Waals surface area contributed by atoms with Crippen molar-refractivity contribution in [2.24, 2.45) is 5.92 Å². The van der Waals surface area contributed by atoms with Crippen molar-refractivity contribution in [1.82, 2.24) is 9.78 Å². The molecule has 0 aliphatic rings. The third kappa shape index (κ3) is 2.81. The van der Waals surface area contributed by atoms with Crippen LogP contribution in [0, 0.1) is 11.7 Å². The highest BCUT2D eigenvalue weighted by atomic mass is 19.1. The number of carbonyl (C=O) groups is 1. The van der Waals surface area contributed by atoms with Gasteiger partial charge in [-0.3, -0.25) is 4.68 Å². The zero-order valence-electron chi connectivity index (χ0n) is 10.8. The third-order valence-electron chi connectivity index (χ3n) is 2.73.